The third-order valence-corrected chi connectivity index (χ3v) is 3.34. The van der Waals surface area contributed by atoms with Crippen molar-refractivity contribution in [3.8, 4) is 0 Å². The number of anilines is 1. The van der Waals surface area contributed by atoms with Gasteiger partial charge in [-0.25, -0.2) is 0 Å². The monoisotopic (exact) mass is 341 g/mol. The van der Waals surface area contributed by atoms with Crippen LogP contribution in [0, 0.1) is 6.92 Å². The Morgan fingerprint density at radius 1 is 1.27 bits per heavy atom. The van der Waals surface area contributed by atoms with Crippen molar-refractivity contribution in [2.45, 2.75) is 19.9 Å². The van der Waals surface area contributed by atoms with E-state index in [4.69, 9.17) is 27.7 Å². The highest BCUT2D eigenvalue weighted by molar-refractivity contribution is 6.36. The largest absolute Gasteiger partial charge is 0.360 e. The molecule has 6 nitrogen and oxygen atoms in total. The van der Waals surface area contributed by atoms with Crippen molar-refractivity contribution in [1.29, 1.82) is 0 Å². The number of aryl methyl sites for hydroxylation is 1. The van der Waals surface area contributed by atoms with E-state index < -0.39 is 17.9 Å². The van der Waals surface area contributed by atoms with E-state index in [2.05, 4.69) is 15.8 Å². The molecule has 0 spiro atoms. The van der Waals surface area contributed by atoms with Crippen LogP contribution in [0.1, 0.15) is 23.0 Å². The van der Waals surface area contributed by atoms with Crippen molar-refractivity contribution in [2.75, 3.05) is 5.32 Å². The molecular formula is C14H13Cl2N3O3. The van der Waals surface area contributed by atoms with Crippen molar-refractivity contribution in [2.24, 2.45) is 0 Å². The summed E-state index contributed by atoms with van der Waals surface area (Å²) in [6.07, 6.45) is 0. The number of nitrogens with one attached hydrogen (secondary N) is 2. The van der Waals surface area contributed by atoms with E-state index in [9.17, 15) is 9.59 Å². The Morgan fingerprint density at radius 2 is 2.00 bits per heavy atom. The number of amides is 2. The van der Waals surface area contributed by atoms with Gasteiger partial charge in [0.2, 0.25) is 5.91 Å². The lowest BCUT2D eigenvalue weighted by Gasteiger charge is -2.13. The Kier molecular flexibility index (Phi) is 5.05. The molecule has 0 fully saturated rings. The SMILES string of the molecule is Cc1cc(NC(=O)[C@@H](C)NC(=O)c2ccc(Cl)cc2Cl)no1. The van der Waals surface area contributed by atoms with Gasteiger partial charge < -0.3 is 15.2 Å². The summed E-state index contributed by atoms with van der Waals surface area (Å²) < 4.78 is 4.84. The number of hydrogen-bond donors (Lipinski definition) is 2. The van der Waals surface area contributed by atoms with Crippen LogP contribution in [0.2, 0.25) is 10.0 Å². The average Bonchev–Trinajstić information content (AvgIpc) is 2.83. The number of carbonyl (C=O) groups excluding carboxylic acids is 2. The van der Waals surface area contributed by atoms with Gasteiger partial charge in [-0.2, -0.15) is 0 Å². The minimum absolute atomic E-state index is 0.213. The quantitative estimate of drug-likeness (QED) is 0.894. The molecule has 1 heterocycles. The lowest BCUT2D eigenvalue weighted by Crippen LogP contribution is -2.41. The molecule has 2 amide bonds. The molecule has 0 bridgehead atoms. The Hall–Kier alpha value is -2.05. The van der Waals surface area contributed by atoms with Crippen LogP contribution in [0.5, 0.6) is 0 Å². The topological polar surface area (TPSA) is 84.2 Å². The van der Waals surface area contributed by atoms with Gasteiger partial charge in [0.1, 0.15) is 11.8 Å². The van der Waals surface area contributed by atoms with Crippen molar-refractivity contribution in [3.05, 3.63) is 45.6 Å². The van der Waals surface area contributed by atoms with E-state index in [1.807, 2.05) is 0 Å². The molecule has 1 aromatic carbocycles. The normalized spacial score (nSPS) is 11.8. The number of carbonyl (C=O) groups is 2. The molecule has 22 heavy (non-hydrogen) atoms. The summed E-state index contributed by atoms with van der Waals surface area (Å²) in [6, 6.07) is 5.29. The maximum Gasteiger partial charge on any atom is 0.253 e. The molecular weight excluding hydrogens is 329 g/mol. The fourth-order valence-electron chi connectivity index (χ4n) is 1.67. The fraction of sp³-hybridized carbons (Fsp3) is 0.214. The predicted octanol–water partition coefficient (Wildman–Crippen LogP) is 3.05. The van der Waals surface area contributed by atoms with Gasteiger partial charge in [-0.1, -0.05) is 28.4 Å². The zero-order valence-electron chi connectivity index (χ0n) is 11.8. The molecule has 116 valence electrons. The molecule has 0 unspecified atom stereocenters. The van der Waals surface area contributed by atoms with Gasteiger partial charge in [-0.05, 0) is 32.0 Å². The summed E-state index contributed by atoms with van der Waals surface area (Å²) in [7, 11) is 0. The van der Waals surface area contributed by atoms with Crippen LogP contribution in [-0.2, 0) is 4.79 Å². The van der Waals surface area contributed by atoms with Gasteiger partial charge in [0.25, 0.3) is 5.91 Å². The van der Waals surface area contributed by atoms with Gasteiger partial charge in [0, 0.05) is 11.1 Å². The van der Waals surface area contributed by atoms with Crippen LogP contribution in [0.3, 0.4) is 0 Å². The summed E-state index contributed by atoms with van der Waals surface area (Å²) in [5.74, 6) is -0.0413. The molecule has 2 aromatic rings. The van der Waals surface area contributed by atoms with E-state index in [1.165, 1.54) is 12.1 Å². The van der Waals surface area contributed by atoms with Gasteiger partial charge in [-0.15, -0.1) is 0 Å². The van der Waals surface area contributed by atoms with E-state index in [0.717, 1.165) is 0 Å². The number of aromatic nitrogens is 1. The average molecular weight is 342 g/mol. The third-order valence-electron chi connectivity index (χ3n) is 2.80. The second-order valence-electron chi connectivity index (χ2n) is 4.63. The number of rotatable bonds is 4. The third kappa shape index (κ3) is 3.99. The Labute approximate surface area is 136 Å². The number of hydrogen-bond acceptors (Lipinski definition) is 4. The number of halogens is 2. The molecule has 0 aliphatic heterocycles. The van der Waals surface area contributed by atoms with Crippen molar-refractivity contribution in [1.82, 2.24) is 10.5 Å². The van der Waals surface area contributed by atoms with E-state index in [-0.39, 0.29) is 16.4 Å². The smallest absolute Gasteiger partial charge is 0.253 e. The van der Waals surface area contributed by atoms with Gasteiger partial charge in [0.05, 0.1) is 10.6 Å². The first-order valence-electron chi connectivity index (χ1n) is 6.37. The van der Waals surface area contributed by atoms with Crippen LogP contribution >= 0.6 is 23.2 Å². The lowest BCUT2D eigenvalue weighted by molar-refractivity contribution is -0.117. The second-order valence-corrected chi connectivity index (χ2v) is 5.48. The first kappa shape index (κ1) is 16.3. The standard InChI is InChI=1S/C14H13Cl2N3O3/c1-7-5-12(19-22-7)18-13(20)8(2)17-14(21)10-4-3-9(15)6-11(10)16/h3-6,8H,1-2H3,(H,17,21)(H,18,19,20)/t8-/m1/s1. The maximum atomic E-state index is 12.1. The summed E-state index contributed by atoms with van der Waals surface area (Å²) in [5, 5.41) is 9.36. The highest BCUT2D eigenvalue weighted by Gasteiger charge is 2.19. The summed E-state index contributed by atoms with van der Waals surface area (Å²) >= 11 is 11.7. The molecule has 0 aliphatic carbocycles. The van der Waals surface area contributed by atoms with Crippen molar-refractivity contribution < 1.29 is 14.1 Å². The van der Waals surface area contributed by atoms with Crippen molar-refractivity contribution in [3.63, 3.8) is 0 Å². The molecule has 0 saturated carbocycles. The number of nitrogens with zero attached hydrogens (tertiary/aromatic N) is 1. The highest BCUT2D eigenvalue weighted by atomic mass is 35.5. The summed E-state index contributed by atoms with van der Waals surface area (Å²) in [5.41, 5.74) is 0.239. The molecule has 8 heteroatoms. The predicted molar refractivity (Wildman–Crippen MR) is 83.3 cm³/mol. The van der Waals surface area contributed by atoms with Crippen molar-refractivity contribution >= 4 is 40.8 Å². The Bertz CT molecular complexity index is 715. The van der Waals surface area contributed by atoms with E-state index >= 15 is 0 Å². The first-order valence-corrected chi connectivity index (χ1v) is 7.12. The van der Waals surface area contributed by atoms with Gasteiger partial charge >= 0.3 is 0 Å². The highest BCUT2D eigenvalue weighted by Crippen LogP contribution is 2.21. The molecule has 2 N–H and O–H groups in total. The molecule has 1 aromatic heterocycles. The molecule has 0 radical (unpaired) electrons. The van der Waals surface area contributed by atoms with Crippen LogP contribution in [-0.4, -0.2) is 23.0 Å². The first-order chi connectivity index (χ1) is 10.4. The van der Waals surface area contributed by atoms with Gasteiger partial charge in [-0.3, -0.25) is 9.59 Å². The van der Waals surface area contributed by atoms with Crippen LogP contribution in [0.25, 0.3) is 0 Å². The minimum atomic E-state index is -0.781. The fourth-order valence-corrected chi connectivity index (χ4v) is 2.17. The Balaban J connectivity index is 1.99. The van der Waals surface area contributed by atoms with Crippen LogP contribution in [0.4, 0.5) is 5.82 Å². The van der Waals surface area contributed by atoms with Crippen LogP contribution in [0.15, 0.2) is 28.8 Å². The second kappa shape index (κ2) is 6.81. The maximum absolute atomic E-state index is 12.1. The molecule has 0 saturated heterocycles. The Morgan fingerprint density at radius 3 is 2.59 bits per heavy atom. The number of benzene rings is 1. The van der Waals surface area contributed by atoms with Gasteiger partial charge in [0.15, 0.2) is 5.82 Å². The molecule has 1 atom stereocenters. The zero-order valence-corrected chi connectivity index (χ0v) is 13.3. The zero-order chi connectivity index (χ0) is 16.3. The lowest BCUT2D eigenvalue weighted by atomic mass is 10.2. The van der Waals surface area contributed by atoms with E-state index in [1.54, 1.807) is 26.0 Å². The molecule has 0 aliphatic rings. The van der Waals surface area contributed by atoms with E-state index in [0.29, 0.717) is 10.8 Å². The minimum Gasteiger partial charge on any atom is -0.360 e. The summed E-state index contributed by atoms with van der Waals surface area (Å²) in [6.45, 7) is 3.25. The summed E-state index contributed by atoms with van der Waals surface area (Å²) in [4.78, 5) is 24.1. The molecule has 2 rings (SSSR count). The van der Waals surface area contributed by atoms with Crippen LogP contribution < -0.4 is 10.6 Å².